The molecule has 1 heterocycles. The van der Waals surface area contributed by atoms with Crippen LogP contribution in [0.15, 0.2) is 24.3 Å². The number of aromatic amines is 1. The molecule has 0 saturated carbocycles. The Morgan fingerprint density at radius 2 is 2.17 bits per heavy atom. The van der Waals surface area contributed by atoms with Gasteiger partial charge in [-0.3, -0.25) is 15.2 Å². The van der Waals surface area contributed by atoms with Crippen molar-refractivity contribution in [1.82, 2.24) is 15.5 Å². The highest BCUT2D eigenvalue weighted by Gasteiger charge is 2.37. The lowest BCUT2D eigenvalue weighted by molar-refractivity contribution is -0.115. The van der Waals surface area contributed by atoms with E-state index in [1.54, 1.807) is 0 Å². The van der Waals surface area contributed by atoms with Gasteiger partial charge in [-0.05, 0) is 37.8 Å². The molecule has 1 aliphatic rings. The molecule has 2 aromatic rings. The van der Waals surface area contributed by atoms with E-state index in [-0.39, 0.29) is 19.1 Å². The molecular formula is C17H22N4O2. The minimum absolute atomic E-state index is 0.0267. The fourth-order valence-corrected chi connectivity index (χ4v) is 3.26. The summed E-state index contributed by atoms with van der Waals surface area (Å²) in [5, 5.41) is 23.0. The van der Waals surface area contributed by atoms with Gasteiger partial charge in [0.1, 0.15) is 0 Å². The van der Waals surface area contributed by atoms with Crippen molar-refractivity contribution in [3.05, 3.63) is 46.8 Å². The molecule has 0 bridgehead atoms. The highest BCUT2D eigenvalue weighted by molar-refractivity contribution is 5.93. The van der Waals surface area contributed by atoms with Crippen molar-refractivity contribution in [2.45, 2.75) is 32.2 Å². The highest BCUT2D eigenvalue weighted by Crippen LogP contribution is 2.36. The van der Waals surface area contributed by atoms with Crippen molar-refractivity contribution in [3.63, 3.8) is 0 Å². The number of nitrogens with zero attached hydrogens (tertiary/aromatic N) is 1. The summed E-state index contributed by atoms with van der Waals surface area (Å²) in [4.78, 5) is 12.2. The van der Waals surface area contributed by atoms with E-state index in [1.807, 2.05) is 32.0 Å². The topological polar surface area (TPSA) is 90.0 Å². The van der Waals surface area contributed by atoms with Gasteiger partial charge >= 0.3 is 0 Å². The highest BCUT2D eigenvalue weighted by atomic mass is 16.3. The minimum atomic E-state index is -0.533. The van der Waals surface area contributed by atoms with Crippen LogP contribution in [0.5, 0.6) is 0 Å². The zero-order valence-electron chi connectivity index (χ0n) is 13.4. The summed E-state index contributed by atoms with van der Waals surface area (Å²) in [6, 6.07) is 8.07. The number of fused-ring (bicyclic) bond motifs is 1. The number of carbonyl (C=O) groups excluding carboxylic acids is 1. The van der Waals surface area contributed by atoms with Crippen LogP contribution in [-0.2, 0) is 16.8 Å². The van der Waals surface area contributed by atoms with Crippen molar-refractivity contribution in [3.8, 4) is 0 Å². The monoisotopic (exact) mass is 314 g/mol. The molecule has 6 heteroatoms. The number of amides is 1. The molecular weight excluding hydrogens is 292 g/mol. The van der Waals surface area contributed by atoms with E-state index >= 15 is 0 Å². The van der Waals surface area contributed by atoms with Crippen LogP contribution in [0.3, 0.4) is 0 Å². The number of nitrogens with one attached hydrogen (secondary N) is 3. The van der Waals surface area contributed by atoms with Crippen LogP contribution in [-0.4, -0.2) is 34.4 Å². The van der Waals surface area contributed by atoms with Crippen LogP contribution in [0.25, 0.3) is 0 Å². The summed E-state index contributed by atoms with van der Waals surface area (Å²) in [6.07, 6.45) is 1.70. The third kappa shape index (κ3) is 2.87. The largest absolute Gasteiger partial charge is 0.394 e. The lowest BCUT2D eigenvalue weighted by Crippen LogP contribution is -2.47. The molecule has 0 fully saturated rings. The second-order valence-corrected chi connectivity index (χ2v) is 6.11. The molecule has 1 aromatic carbocycles. The zero-order valence-corrected chi connectivity index (χ0v) is 13.4. The molecule has 1 aromatic heterocycles. The first-order valence-electron chi connectivity index (χ1n) is 7.81. The Bertz CT molecular complexity index is 706. The fraction of sp³-hybridized carbons (Fsp3) is 0.412. The van der Waals surface area contributed by atoms with Crippen molar-refractivity contribution >= 4 is 11.6 Å². The zero-order chi connectivity index (χ0) is 16.4. The Balaban J connectivity index is 1.69. The van der Waals surface area contributed by atoms with Gasteiger partial charge in [-0.15, -0.1) is 0 Å². The van der Waals surface area contributed by atoms with Crippen molar-refractivity contribution in [2.75, 3.05) is 18.5 Å². The minimum Gasteiger partial charge on any atom is -0.394 e. The molecule has 0 aliphatic heterocycles. The molecule has 23 heavy (non-hydrogen) atoms. The number of hydrogen-bond donors (Lipinski definition) is 4. The number of aliphatic hydroxyl groups excluding tert-OH is 1. The predicted molar refractivity (Wildman–Crippen MR) is 88.2 cm³/mol. The van der Waals surface area contributed by atoms with Gasteiger partial charge in [0.25, 0.3) is 0 Å². The summed E-state index contributed by atoms with van der Waals surface area (Å²) in [7, 11) is 0. The third-order valence-electron chi connectivity index (χ3n) is 4.60. The van der Waals surface area contributed by atoms with Crippen molar-refractivity contribution < 1.29 is 9.90 Å². The van der Waals surface area contributed by atoms with Gasteiger partial charge < -0.3 is 10.4 Å². The number of anilines is 1. The molecule has 3 rings (SSSR count). The normalized spacial score (nSPS) is 19.6. The Morgan fingerprint density at radius 1 is 1.39 bits per heavy atom. The fourth-order valence-electron chi connectivity index (χ4n) is 3.26. The van der Waals surface area contributed by atoms with E-state index in [9.17, 15) is 9.90 Å². The van der Waals surface area contributed by atoms with Gasteiger partial charge in [-0.25, -0.2) is 0 Å². The first-order valence-corrected chi connectivity index (χ1v) is 7.81. The molecule has 1 amide bonds. The van der Waals surface area contributed by atoms with Gasteiger partial charge in [-0.1, -0.05) is 24.3 Å². The summed E-state index contributed by atoms with van der Waals surface area (Å²) in [6.45, 7) is 3.82. The maximum absolute atomic E-state index is 12.2. The smallest absolute Gasteiger partial charge is 0.238 e. The first kappa shape index (κ1) is 15.7. The maximum atomic E-state index is 12.2. The van der Waals surface area contributed by atoms with Crippen LogP contribution < -0.4 is 10.6 Å². The number of rotatable bonds is 5. The van der Waals surface area contributed by atoms with Crippen LogP contribution in [0.1, 0.15) is 28.9 Å². The predicted octanol–water partition coefficient (Wildman–Crippen LogP) is 1.39. The number of benzene rings is 1. The SMILES string of the molecule is Cc1n[nH]c(C)c1NC(=O)CNC1(CO)CCc2ccccc21. The van der Waals surface area contributed by atoms with E-state index < -0.39 is 5.54 Å². The average Bonchev–Trinajstić information content (AvgIpc) is 3.09. The molecule has 0 saturated heterocycles. The van der Waals surface area contributed by atoms with Crippen LogP contribution in [0.4, 0.5) is 5.69 Å². The molecule has 1 unspecified atom stereocenters. The van der Waals surface area contributed by atoms with Crippen LogP contribution in [0.2, 0.25) is 0 Å². The molecule has 0 spiro atoms. The van der Waals surface area contributed by atoms with Crippen LogP contribution in [0, 0.1) is 13.8 Å². The lowest BCUT2D eigenvalue weighted by atomic mass is 9.92. The summed E-state index contributed by atoms with van der Waals surface area (Å²) in [5.41, 5.74) is 4.11. The Morgan fingerprint density at radius 3 is 2.87 bits per heavy atom. The van der Waals surface area contributed by atoms with E-state index in [1.165, 1.54) is 5.56 Å². The number of aryl methyl sites for hydroxylation is 3. The van der Waals surface area contributed by atoms with Gasteiger partial charge in [0.15, 0.2) is 0 Å². The van der Waals surface area contributed by atoms with E-state index in [0.717, 1.165) is 35.5 Å². The quantitative estimate of drug-likeness (QED) is 0.671. The lowest BCUT2D eigenvalue weighted by Gasteiger charge is -2.29. The Kier molecular flexibility index (Phi) is 4.19. The second-order valence-electron chi connectivity index (χ2n) is 6.11. The maximum Gasteiger partial charge on any atom is 0.238 e. The van der Waals surface area contributed by atoms with E-state index in [4.69, 9.17) is 0 Å². The number of carbonyl (C=O) groups is 1. The van der Waals surface area contributed by atoms with Crippen molar-refractivity contribution in [1.29, 1.82) is 0 Å². The molecule has 1 aliphatic carbocycles. The van der Waals surface area contributed by atoms with Crippen molar-refractivity contribution in [2.24, 2.45) is 0 Å². The molecule has 122 valence electrons. The number of H-pyrrole nitrogens is 1. The standard InChI is InChI=1S/C17H22N4O2/c1-11-16(12(2)21-20-11)19-15(23)9-18-17(10-22)8-7-13-5-3-4-6-14(13)17/h3-6,18,22H,7-10H2,1-2H3,(H,19,23)(H,20,21). The molecule has 4 N–H and O–H groups in total. The van der Waals surface area contributed by atoms with Gasteiger partial charge in [0.05, 0.1) is 35.8 Å². The second kappa shape index (κ2) is 6.14. The number of hydrogen-bond acceptors (Lipinski definition) is 4. The number of aliphatic hydroxyl groups is 1. The third-order valence-corrected chi connectivity index (χ3v) is 4.60. The summed E-state index contributed by atoms with van der Waals surface area (Å²) < 4.78 is 0. The molecule has 1 atom stereocenters. The molecule has 6 nitrogen and oxygen atoms in total. The van der Waals surface area contributed by atoms with Gasteiger partial charge in [-0.2, -0.15) is 5.10 Å². The average molecular weight is 314 g/mol. The number of aromatic nitrogens is 2. The summed E-state index contributed by atoms with van der Waals surface area (Å²) >= 11 is 0. The van der Waals surface area contributed by atoms with Gasteiger partial charge in [0.2, 0.25) is 5.91 Å². The summed E-state index contributed by atoms with van der Waals surface area (Å²) in [5.74, 6) is -0.144. The Labute approximate surface area is 135 Å². The van der Waals surface area contributed by atoms with E-state index in [0.29, 0.717) is 0 Å². The molecule has 0 radical (unpaired) electrons. The Hall–Kier alpha value is -2.18. The first-order chi connectivity index (χ1) is 11.1. The van der Waals surface area contributed by atoms with E-state index in [2.05, 4.69) is 26.9 Å². The van der Waals surface area contributed by atoms with Gasteiger partial charge in [0, 0.05) is 0 Å². The van der Waals surface area contributed by atoms with Crippen LogP contribution >= 0.6 is 0 Å².